The molecule has 2 heterocycles. The third kappa shape index (κ3) is 0.847. The molecule has 0 bridgehead atoms. The number of hydrogen-bond donors (Lipinski definition) is 1. The number of pyridine rings is 1. The van der Waals surface area contributed by atoms with Crippen LogP contribution in [0, 0.1) is 0 Å². The molecule has 1 aliphatic heterocycles. The number of aromatic nitrogens is 1. The van der Waals surface area contributed by atoms with Gasteiger partial charge in [0.1, 0.15) is 5.82 Å². The first-order chi connectivity index (χ1) is 4.86. The molecule has 2 nitrogen and oxygen atoms in total. The van der Waals surface area contributed by atoms with Gasteiger partial charge in [0.2, 0.25) is 0 Å². The van der Waals surface area contributed by atoms with E-state index in [0.717, 1.165) is 23.8 Å². The largest absolute Gasteiger partial charge is 0.370 e. The Balaban J connectivity index is 2.52. The van der Waals surface area contributed by atoms with Crippen LogP contribution in [-0.4, -0.2) is 11.5 Å². The van der Waals surface area contributed by atoms with Gasteiger partial charge < -0.3 is 5.32 Å². The van der Waals surface area contributed by atoms with Gasteiger partial charge in [0.05, 0.1) is 5.02 Å². The molecule has 2 rings (SSSR count). The summed E-state index contributed by atoms with van der Waals surface area (Å²) in [5.41, 5.74) is 1.23. The summed E-state index contributed by atoms with van der Waals surface area (Å²) >= 11 is 5.73. The zero-order valence-corrected chi connectivity index (χ0v) is 6.15. The first kappa shape index (κ1) is 5.98. The molecule has 0 aromatic carbocycles. The van der Waals surface area contributed by atoms with Crippen molar-refractivity contribution in [3.8, 4) is 0 Å². The molecule has 3 heteroatoms. The van der Waals surface area contributed by atoms with E-state index in [-0.39, 0.29) is 0 Å². The second-order valence-corrected chi connectivity index (χ2v) is 2.77. The van der Waals surface area contributed by atoms with Crippen molar-refractivity contribution in [2.75, 3.05) is 11.9 Å². The molecule has 0 saturated carbocycles. The topological polar surface area (TPSA) is 24.9 Å². The Labute approximate surface area is 64.2 Å². The van der Waals surface area contributed by atoms with E-state index < -0.39 is 0 Å². The van der Waals surface area contributed by atoms with Crippen molar-refractivity contribution in [1.29, 1.82) is 0 Å². The number of anilines is 1. The molecular weight excluding hydrogens is 148 g/mol. The molecule has 1 aromatic heterocycles. The molecule has 1 N–H and O–H groups in total. The summed E-state index contributed by atoms with van der Waals surface area (Å²) in [5.74, 6) is 0.990. The summed E-state index contributed by atoms with van der Waals surface area (Å²) in [6.07, 6.45) is 2.71. The molecule has 0 atom stereocenters. The van der Waals surface area contributed by atoms with E-state index in [1.54, 1.807) is 6.20 Å². The van der Waals surface area contributed by atoms with Gasteiger partial charge in [-0.3, -0.25) is 0 Å². The molecule has 0 fully saturated rings. The number of halogens is 1. The average molecular weight is 155 g/mol. The van der Waals surface area contributed by atoms with E-state index in [2.05, 4.69) is 10.3 Å². The molecule has 52 valence electrons. The van der Waals surface area contributed by atoms with Crippen molar-refractivity contribution >= 4 is 17.4 Å². The third-order valence-corrected chi connectivity index (χ3v) is 1.83. The standard InChI is InChI=1S/C7H7ClN2/c8-6-3-5-1-2-9-7(5)10-4-6/h3-4H,1-2H2,(H,9,10). The van der Waals surface area contributed by atoms with Gasteiger partial charge in [-0.05, 0) is 18.1 Å². The molecular formula is C7H7ClN2. The molecule has 0 amide bonds. The first-order valence-corrected chi connectivity index (χ1v) is 3.62. The van der Waals surface area contributed by atoms with Gasteiger partial charge in [-0.15, -0.1) is 0 Å². The van der Waals surface area contributed by atoms with Gasteiger partial charge in [0.25, 0.3) is 0 Å². The van der Waals surface area contributed by atoms with Crippen LogP contribution in [0.1, 0.15) is 5.56 Å². The fourth-order valence-corrected chi connectivity index (χ4v) is 1.33. The molecule has 1 aliphatic rings. The SMILES string of the molecule is Clc1cnc2c(c1)CCN2. The lowest BCUT2D eigenvalue weighted by Gasteiger charge is -1.96. The van der Waals surface area contributed by atoms with Crippen LogP contribution in [-0.2, 0) is 6.42 Å². The zero-order chi connectivity index (χ0) is 6.97. The van der Waals surface area contributed by atoms with Crippen molar-refractivity contribution in [2.45, 2.75) is 6.42 Å². The van der Waals surface area contributed by atoms with E-state index >= 15 is 0 Å². The Hall–Kier alpha value is -0.760. The van der Waals surface area contributed by atoms with Gasteiger partial charge >= 0.3 is 0 Å². The minimum Gasteiger partial charge on any atom is -0.370 e. The minimum atomic E-state index is 0.724. The highest BCUT2D eigenvalue weighted by Gasteiger charge is 2.09. The van der Waals surface area contributed by atoms with E-state index in [0.29, 0.717) is 0 Å². The second kappa shape index (κ2) is 2.13. The van der Waals surface area contributed by atoms with Gasteiger partial charge in [-0.25, -0.2) is 4.98 Å². The van der Waals surface area contributed by atoms with E-state index in [1.807, 2.05) is 6.07 Å². The fraction of sp³-hybridized carbons (Fsp3) is 0.286. The zero-order valence-electron chi connectivity index (χ0n) is 5.39. The fourth-order valence-electron chi connectivity index (χ4n) is 1.15. The lowest BCUT2D eigenvalue weighted by Crippen LogP contribution is -1.92. The lowest BCUT2D eigenvalue weighted by molar-refractivity contribution is 1.11. The summed E-state index contributed by atoms with van der Waals surface area (Å²) < 4.78 is 0. The van der Waals surface area contributed by atoms with E-state index in [9.17, 15) is 0 Å². The van der Waals surface area contributed by atoms with Crippen LogP contribution < -0.4 is 5.32 Å². The van der Waals surface area contributed by atoms with Crippen molar-refractivity contribution in [3.05, 3.63) is 22.8 Å². The van der Waals surface area contributed by atoms with Crippen molar-refractivity contribution in [2.24, 2.45) is 0 Å². The van der Waals surface area contributed by atoms with Crippen LogP contribution in [0.15, 0.2) is 12.3 Å². The highest BCUT2D eigenvalue weighted by atomic mass is 35.5. The van der Waals surface area contributed by atoms with Crippen LogP contribution in [0.2, 0.25) is 5.02 Å². The monoisotopic (exact) mass is 154 g/mol. The maximum Gasteiger partial charge on any atom is 0.129 e. The molecule has 0 spiro atoms. The molecule has 0 radical (unpaired) electrons. The molecule has 1 aromatic rings. The first-order valence-electron chi connectivity index (χ1n) is 3.24. The molecule has 10 heavy (non-hydrogen) atoms. The Kier molecular flexibility index (Phi) is 1.27. The summed E-state index contributed by atoms with van der Waals surface area (Å²) in [5, 5.41) is 3.88. The van der Waals surface area contributed by atoms with Gasteiger partial charge in [0, 0.05) is 12.7 Å². The Morgan fingerprint density at radius 2 is 2.50 bits per heavy atom. The number of rotatable bonds is 0. The van der Waals surface area contributed by atoms with Crippen LogP contribution in [0.25, 0.3) is 0 Å². The average Bonchev–Trinajstić information content (AvgIpc) is 2.33. The summed E-state index contributed by atoms with van der Waals surface area (Å²) in [7, 11) is 0. The Morgan fingerprint density at radius 1 is 1.60 bits per heavy atom. The van der Waals surface area contributed by atoms with Gasteiger partial charge in [-0.2, -0.15) is 0 Å². The third-order valence-electron chi connectivity index (χ3n) is 1.62. The Bertz CT molecular complexity index is 260. The van der Waals surface area contributed by atoms with Crippen molar-refractivity contribution in [1.82, 2.24) is 4.98 Å². The van der Waals surface area contributed by atoms with Gasteiger partial charge in [-0.1, -0.05) is 11.6 Å². The normalized spacial score (nSPS) is 14.5. The predicted molar refractivity (Wildman–Crippen MR) is 41.4 cm³/mol. The smallest absolute Gasteiger partial charge is 0.129 e. The van der Waals surface area contributed by atoms with Crippen LogP contribution in [0.5, 0.6) is 0 Å². The number of fused-ring (bicyclic) bond motifs is 1. The van der Waals surface area contributed by atoms with Crippen molar-refractivity contribution < 1.29 is 0 Å². The van der Waals surface area contributed by atoms with Crippen LogP contribution in [0.4, 0.5) is 5.82 Å². The minimum absolute atomic E-state index is 0.724. The number of hydrogen-bond acceptors (Lipinski definition) is 2. The molecule has 0 unspecified atom stereocenters. The van der Waals surface area contributed by atoms with Crippen LogP contribution >= 0.6 is 11.6 Å². The highest BCUT2D eigenvalue weighted by Crippen LogP contribution is 2.21. The predicted octanol–water partition coefficient (Wildman–Crippen LogP) is 1.70. The van der Waals surface area contributed by atoms with E-state index in [1.165, 1.54) is 5.56 Å². The molecule has 0 aliphatic carbocycles. The quantitative estimate of drug-likeness (QED) is 0.616. The summed E-state index contributed by atoms with van der Waals surface area (Å²) in [4.78, 5) is 4.12. The Morgan fingerprint density at radius 3 is 3.40 bits per heavy atom. The summed E-state index contributed by atoms with van der Waals surface area (Å²) in [6, 6.07) is 1.96. The number of nitrogens with zero attached hydrogens (tertiary/aromatic N) is 1. The van der Waals surface area contributed by atoms with Gasteiger partial charge in [0.15, 0.2) is 0 Å². The van der Waals surface area contributed by atoms with Crippen LogP contribution in [0.3, 0.4) is 0 Å². The lowest BCUT2D eigenvalue weighted by atomic mass is 10.2. The number of nitrogens with one attached hydrogen (secondary N) is 1. The highest BCUT2D eigenvalue weighted by molar-refractivity contribution is 6.30. The van der Waals surface area contributed by atoms with E-state index in [4.69, 9.17) is 11.6 Å². The maximum atomic E-state index is 5.73. The molecule has 0 saturated heterocycles. The maximum absolute atomic E-state index is 5.73. The van der Waals surface area contributed by atoms with Crippen molar-refractivity contribution in [3.63, 3.8) is 0 Å². The summed E-state index contributed by atoms with van der Waals surface area (Å²) in [6.45, 7) is 0.989. The second-order valence-electron chi connectivity index (χ2n) is 2.34.